The van der Waals surface area contributed by atoms with Crippen molar-refractivity contribution in [3.05, 3.63) is 101 Å². The van der Waals surface area contributed by atoms with Crippen LogP contribution in [0.25, 0.3) is 0 Å². The van der Waals surface area contributed by atoms with Gasteiger partial charge in [0, 0.05) is 24.4 Å². The lowest BCUT2D eigenvalue weighted by atomic mass is 9.66. The second-order valence-corrected chi connectivity index (χ2v) is 11.5. The van der Waals surface area contributed by atoms with Crippen molar-refractivity contribution in [1.82, 2.24) is 0 Å². The zero-order valence-corrected chi connectivity index (χ0v) is 20.5. The molecule has 0 bridgehead atoms. The van der Waals surface area contributed by atoms with Crippen LogP contribution < -0.4 is 9.21 Å². The summed E-state index contributed by atoms with van der Waals surface area (Å²) in [6.45, 7) is 9.06. The Morgan fingerprint density at radius 3 is 2.44 bits per heavy atom. The molecule has 0 amide bonds. The first kappa shape index (κ1) is 21.4. The van der Waals surface area contributed by atoms with Gasteiger partial charge in [-0.15, -0.1) is 0 Å². The van der Waals surface area contributed by atoms with Gasteiger partial charge in [0.05, 0.1) is 22.6 Å². The van der Waals surface area contributed by atoms with E-state index in [1.807, 2.05) is 44.2 Å². The van der Waals surface area contributed by atoms with Gasteiger partial charge in [0.2, 0.25) is 0 Å². The largest absolute Gasteiger partial charge is 0.357 e. The number of hydrogen-bond acceptors (Lipinski definition) is 4. The standard InChI is InChI=1S/C28H28N2O3S/c1-18-9-12-21(13-10-18)34(31,32)30-20(3)26(22-17-19(2)11-14-24(22)30)28-15-16-33-27(28)29(4)25-8-6-5-7-23(25)28/h5-14,17,26-27H,3,15-16H2,1-2,4H3/t26-,27+,28-/m0/s1. The number of anilines is 2. The highest BCUT2D eigenvalue weighted by Crippen LogP contribution is 2.63. The molecule has 0 saturated carbocycles. The van der Waals surface area contributed by atoms with Crippen LogP contribution in [0, 0.1) is 13.8 Å². The molecule has 3 heterocycles. The lowest BCUT2D eigenvalue weighted by Gasteiger charge is -2.37. The number of nitrogens with zero attached hydrogens (tertiary/aromatic N) is 2. The second kappa shape index (κ2) is 7.20. The lowest BCUT2D eigenvalue weighted by molar-refractivity contribution is 0.0831. The summed E-state index contributed by atoms with van der Waals surface area (Å²) in [5.74, 6) is -0.221. The van der Waals surface area contributed by atoms with Crippen LogP contribution in [0.15, 0.2) is 83.9 Å². The number of ether oxygens (including phenoxy) is 1. The van der Waals surface area contributed by atoms with Crippen LogP contribution in [0.2, 0.25) is 0 Å². The number of rotatable bonds is 3. The molecule has 0 aromatic heterocycles. The highest BCUT2D eigenvalue weighted by molar-refractivity contribution is 7.93. The summed E-state index contributed by atoms with van der Waals surface area (Å²) < 4.78 is 35.8. The first-order valence-corrected chi connectivity index (χ1v) is 13.1. The maximum atomic E-state index is 14.0. The number of fused-ring (bicyclic) bond motifs is 4. The molecule has 34 heavy (non-hydrogen) atoms. The van der Waals surface area contributed by atoms with E-state index in [0.29, 0.717) is 18.0 Å². The van der Waals surface area contributed by atoms with Gasteiger partial charge in [-0.2, -0.15) is 0 Å². The van der Waals surface area contributed by atoms with Gasteiger partial charge >= 0.3 is 0 Å². The Kier molecular flexibility index (Phi) is 4.54. The van der Waals surface area contributed by atoms with Gasteiger partial charge < -0.3 is 9.64 Å². The van der Waals surface area contributed by atoms with Crippen molar-refractivity contribution in [3.8, 4) is 0 Å². The third-order valence-electron chi connectivity index (χ3n) is 7.75. The Balaban J connectivity index is 1.58. The molecular weight excluding hydrogens is 444 g/mol. The third-order valence-corrected chi connectivity index (χ3v) is 9.53. The summed E-state index contributed by atoms with van der Waals surface area (Å²) >= 11 is 0. The molecule has 0 N–H and O–H groups in total. The summed E-state index contributed by atoms with van der Waals surface area (Å²) in [4.78, 5) is 2.47. The molecule has 6 rings (SSSR count). The number of allylic oxidation sites excluding steroid dienone is 1. The van der Waals surface area contributed by atoms with E-state index in [-0.39, 0.29) is 17.0 Å². The van der Waals surface area contributed by atoms with Crippen LogP contribution in [0.4, 0.5) is 11.4 Å². The van der Waals surface area contributed by atoms with Crippen molar-refractivity contribution in [2.24, 2.45) is 0 Å². The van der Waals surface area contributed by atoms with E-state index in [9.17, 15) is 8.42 Å². The summed E-state index contributed by atoms with van der Waals surface area (Å²) in [7, 11) is -1.78. The van der Waals surface area contributed by atoms with Crippen molar-refractivity contribution in [2.45, 2.75) is 42.7 Å². The van der Waals surface area contributed by atoms with Gasteiger partial charge in [-0.25, -0.2) is 12.7 Å². The molecule has 3 aromatic rings. The summed E-state index contributed by atoms with van der Waals surface area (Å²) in [6.07, 6.45) is 0.621. The molecule has 5 nitrogen and oxygen atoms in total. The van der Waals surface area contributed by atoms with Gasteiger partial charge in [0.15, 0.2) is 0 Å². The monoisotopic (exact) mass is 472 g/mol. The van der Waals surface area contributed by atoms with Gasteiger partial charge in [0.1, 0.15) is 6.23 Å². The summed E-state index contributed by atoms with van der Waals surface area (Å²) in [5, 5.41) is 0. The van der Waals surface area contributed by atoms with Crippen LogP contribution >= 0.6 is 0 Å². The van der Waals surface area contributed by atoms with Gasteiger partial charge in [0.25, 0.3) is 10.0 Å². The summed E-state index contributed by atoms with van der Waals surface area (Å²) in [5.41, 5.74) is 6.31. The molecular formula is C28H28N2O3S. The minimum Gasteiger partial charge on any atom is -0.357 e. The molecule has 174 valence electrons. The average Bonchev–Trinajstić information content (AvgIpc) is 3.44. The fourth-order valence-corrected chi connectivity index (χ4v) is 7.83. The molecule has 6 heteroatoms. The topological polar surface area (TPSA) is 49.9 Å². The number of para-hydroxylation sites is 1. The Labute approximate surface area is 201 Å². The van der Waals surface area contributed by atoms with E-state index >= 15 is 0 Å². The van der Waals surface area contributed by atoms with E-state index in [0.717, 1.165) is 28.8 Å². The van der Waals surface area contributed by atoms with E-state index in [4.69, 9.17) is 4.74 Å². The van der Waals surface area contributed by atoms with E-state index < -0.39 is 15.4 Å². The SMILES string of the molecule is C=C1[C@H]([C@@]23CCO[C@H]2N(C)c2ccccc23)c2cc(C)ccc2N1S(=O)(=O)c1ccc(C)cc1. The molecule has 0 aliphatic carbocycles. The number of likely N-dealkylation sites (N-methyl/N-ethyl adjacent to an activating group) is 1. The molecule has 3 atom stereocenters. The number of aryl methyl sites for hydroxylation is 2. The highest BCUT2D eigenvalue weighted by Gasteiger charge is 2.62. The Hall–Kier alpha value is -3.09. The van der Waals surface area contributed by atoms with E-state index in [2.05, 4.69) is 42.8 Å². The maximum Gasteiger partial charge on any atom is 0.268 e. The fraction of sp³-hybridized carbons (Fsp3) is 0.286. The molecule has 0 unspecified atom stereocenters. The average molecular weight is 473 g/mol. The van der Waals surface area contributed by atoms with Crippen LogP contribution in [-0.4, -0.2) is 28.3 Å². The molecule has 3 aliphatic rings. The minimum absolute atomic E-state index is 0.179. The molecule has 1 saturated heterocycles. The van der Waals surface area contributed by atoms with Gasteiger partial charge in [-0.05, 0) is 55.7 Å². The van der Waals surface area contributed by atoms with Crippen molar-refractivity contribution in [1.29, 1.82) is 0 Å². The van der Waals surface area contributed by atoms with Crippen molar-refractivity contribution < 1.29 is 13.2 Å². The summed E-state index contributed by atoms with van der Waals surface area (Å²) in [6, 6.07) is 21.4. The zero-order chi connectivity index (χ0) is 23.8. The van der Waals surface area contributed by atoms with E-state index in [1.54, 1.807) is 12.1 Å². The van der Waals surface area contributed by atoms with Crippen molar-refractivity contribution in [2.75, 3.05) is 22.9 Å². The van der Waals surface area contributed by atoms with Crippen molar-refractivity contribution in [3.63, 3.8) is 0 Å². The Morgan fingerprint density at radius 2 is 1.68 bits per heavy atom. The molecule has 3 aromatic carbocycles. The van der Waals surface area contributed by atoms with Gasteiger partial charge in [-0.1, -0.05) is 60.2 Å². The molecule has 1 fully saturated rings. The maximum absolute atomic E-state index is 14.0. The van der Waals surface area contributed by atoms with Crippen LogP contribution in [0.3, 0.4) is 0 Å². The Morgan fingerprint density at radius 1 is 0.971 bits per heavy atom. The first-order valence-electron chi connectivity index (χ1n) is 11.6. The quantitative estimate of drug-likeness (QED) is 0.523. The zero-order valence-electron chi connectivity index (χ0n) is 19.7. The highest BCUT2D eigenvalue weighted by atomic mass is 32.2. The molecule has 0 radical (unpaired) electrons. The predicted octanol–water partition coefficient (Wildman–Crippen LogP) is 5.24. The van der Waals surface area contributed by atoms with Crippen LogP contribution in [0.5, 0.6) is 0 Å². The number of hydrogen-bond donors (Lipinski definition) is 0. The number of benzene rings is 3. The third kappa shape index (κ3) is 2.67. The fourth-order valence-electron chi connectivity index (χ4n) is 6.30. The second-order valence-electron chi connectivity index (χ2n) is 9.71. The number of sulfonamides is 1. The lowest BCUT2D eigenvalue weighted by Crippen LogP contribution is -2.45. The Bertz CT molecular complexity index is 1430. The van der Waals surface area contributed by atoms with Crippen LogP contribution in [-0.2, 0) is 20.2 Å². The minimum atomic E-state index is -3.84. The van der Waals surface area contributed by atoms with Crippen molar-refractivity contribution >= 4 is 21.4 Å². The normalized spacial score (nSPS) is 25.4. The molecule has 3 aliphatic heterocycles. The first-order chi connectivity index (χ1) is 16.3. The van der Waals surface area contributed by atoms with E-state index in [1.165, 1.54) is 9.87 Å². The molecule has 0 spiro atoms. The smallest absolute Gasteiger partial charge is 0.268 e. The van der Waals surface area contributed by atoms with Crippen LogP contribution in [0.1, 0.15) is 34.6 Å². The predicted molar refractivity (Wildman–Crippen MR) is 135 cm³/mol. The van der Waals surface area contributed by atoms with Gasteiger partial charge in [-0.3, -0.25) is 0 Å².